The molecule has 0 amide bonds. The van der Waals surface area contributed by atoms with Gasteiger partial charge in [0.1, 0.15) is 0 Å². The average Bonchev–Trinajstić information content (AvgIpc) is 1.87. The van der Waals surface area contributed by atoms with Gasteiger partial charge in [0, 0.05) is 0 Å². The van der Waals surface area contributed by atoms with Gasteiger partial charge in [-0.25, -0.2) is 0 Å². The van der Waals surface area contributed by atoms with Crippen LogP contribution in [0, 0.1) is 11.8 Å². The van der Waals surface area contributed by atoms with E-state index in [1.54, 1.807) is 0 Å². The van der Waals surface area contributed by atoms with Crippen molar-refractivity contribution in [2.24, 2.45) is 16.8 Å². The summed E-state index contributed by atoms with van der Waals surface area (Å²) >= 11 is 0. The van der Waals surface area contributed by atoms with Crippen LogP contribution in [0.25, 0.3) is 0 Å². The number of hydrogen-bond donors (Lipinski definition) is 0. The van der Waals surface area contributed by atoms with Crippen LogP contribution in [0.1, 0.15) is 41.5 Å². The van der Waals surface area contributed by atoms with Gasteiger partial charge in [-0.15, -0.1) is 0 Å². The summed E-state index contributed by atoms with van der Waals surface area (Å²) < 4.78 is 0. The summed E-state index contributed by atoms with van der Waals surface area (Å²) in [7, 11) is 0. The molecule has 0 spiro atoms. The van der Waals surface area contributed by atoms with Gasteiger partial charge in [0.25, 0.3) is 0 Å². The SMILES string of the molecule is CC=NC(C)(C(C)C)C(C)C. The number of rotatable bonds is 3. The Kier molecular flexibility index (Phi) is 3.77. The minimum absolute atomic E-state index is 0.120. The Morgan fingerprint density at radius 3 is 1.55 bits per heavy atom. The van der Waals surface area contributed by atoms with Gasteiger partial charge in [0.05, 0.1) is 5.54 Å². The molecule has 0 aliphatic rings. The standard InChI is InChI=1S/C10H21N/c1-7-11-10(6,8(2)3)9(4)5/h7-9H,1-6H3. The predicted octanol–water partition coefficient (Wildman–Crippen LogP) is 3.15. The van der Waals surface area contributed by atoms with E-state index in [1.807, 2.05) is 13.1 Å². The van der Waals surface area contributed by atoms with Gasteiger partial charge < -0.3 is 0 Å². The maximum Gasteiger partial charge on any atom is 0.0621 e. The molecule has 0 atom stereocenters. The van der Waals surface area contributed by atoms with Crippen molar-refractivity contribution >= 4 is 6.21 Å². The second kappa shape index (κ2) is 3.89. The van der Waals surface area contributed by atoms with E-state index in [1.165, 1.54) is 0 Å². The molecule has 1 nitrogen and oxygen atoms in total. The Morgan fingerprint density at radius 2 is 1.45 bits per heavy atom. The van der Waals surface area contributed by atoms with Gasteiger partial charge in [-0.3, -0.25) is 4.99 Å². The lowest BCUT2D eigenvalue weighted by Gasteiger charge is -2.33. The highest BCUT2D eigenvalue weighted by molar-refractivity contribution is 5.54. The third-order valence-corrected chi connectivity index (χ3v) is 2.75. The van der Waals surface area contributed by atoms with Crippen molar-refractivity contribution in [1.82, 2.24) is 0 Å². The Labute approximate surface area is 70.9 Å². The highest BCUT2D eigenvalue weighted by atomic mass is 14.9. The van der Waals surface area contributed by atoms with E-state index in [0.717, 1.165) is 0 Å². The zero-order valence-electron chi connectivity index (χ0n) is 8.68. The molecule has 0 saturated heterocycles. The summed E-state index contributed by atoms with van der Waals surface area (Å²) in [6.45, 7) is 13.1. The van der Waals surface area contributed by atoms with Gasteiger partial charge in [-0.1, -0.05) is 27.7 Å². The molecule has 1 heteroatoms. The summed E-state index contributed by atoms with van der Waals surface area (Å²) in [5.41, 5.74) is 0.120. The van der Waals surface area contributed by atoms with Crippen molar-refractivity contribution in [1.29, 1.82) is 0 Å². The van der Waals surface area contributed by atoms with Crippen LogP contribution in [-0.4, -0.2) is 11.8 Å². The molecule has 0 radical (unpaired) electrons. The van der Waals surface area contributed by atoms with Crippen LogP contribution in [0.3, 0.4) is 0 Å². The van der Waals surface area contributed by atoms with Crippen LogP contribution in [0.4, 0.5) is 0 Å². The van der Waals surface area contributed by atoms with Crippen molar-refractivity contribution < 1.29 is 0 Å². The molecule has 0 aliphatic carbocycles. The monoisotopic (exact) mass is 155 g/mol. The van der Waals surface area contributed by atoms with Crippen molar-refractivity contribution in [2.45, 2.75) is 47.1 Å². The number of aliphatic imine (C=N–C) groups is 1. The molecule has 11 heavy (non-hydrogen) atoms. The van der Waals surface area contributed by atoms with E-state index in [2.05, 4.69) is 39.6 Å². The van der Waals surface area contributed by atoms with Crippen LogP contribution in [0.2, 0.25) is 0 Å². The second-order valence-electron chi connectivity index (χ2n) is 3.92. The molecule has 0 fully saturated rings. The molecule has 0 aromatic carbocycles. The third-order valence-electron chi connectivity index (χ3n) is 2.75. The Morgan fingerprint density at radius 1 is 1.09 bits per heavy atom. The molecular weight excluding hydrogens is 134 g/mol. The maximum atomic E-state index is 4.53. The van der Waals surface area contributed by atoms with Crippen molar-refractivity contribution in [2.75, 3.05) is 0 Å². The van der Waals surface area contributed by atoms with Gasteiger partial charge in [0.2, 0.25) is 0 Å². The van der Waals surface area contributed by atoms with Crippen LogP contribution in [0.15, 0.2) is 4.99 Å². The molecule has 66 valence electrons. The summed E-state index contributed by atoms with van der Waals surface area (Å²) in [4.78, 5) is 4.53. The Hall–Kier alpha value is -0.330. The smallest absolute Gasteiger partial charge is 0.0621 e. The summed E-state index contributed by atoms with van der Waals surface area (Å²) in [5.74, 6) is 1.22. The largest absolute Gasteiger partial charge is 0.291 e. The lowest BCUT2D eigenvalue weighted by Crippen LogP contribution is -2.35. The molecule has 0 aromatic rings. The van der Waals surface area contributed by atoms with Crippen molar-refractivity contribution in [3.05, 3.63) is 0 Å². The normalized spacial score (nSPS) is 13.8. The van der Waals surface area contributed by atoms with E-state index in [4.69, 9.17) is 0 Å². The summed E-state index contributed by atoms with van der Waals surface area (Å²) in [5, 5.41) is 0. The molecule has 0 heterocycles. The molecule has 0 aromatic heterocycles. The van der Waals surface area contributed by atoms with Gasteiger partial charge in [-0.05, 0) is 31.9 Å². The van der Waals surface area contributed by atoms with Crippen molar-refractivity contribution in [3.8, 4) is 0 Å². The topological polar surface area (TPSA) is 12.4 Å². The first-order valence-electron chi connectivity index (χ1n) is 4.45. The Balaban J connectivity index is 4.52. The number of hydrogen-bond acceptors (Lipinski definition) is 1. The first kappa shape index (κ1) is 10.7. The quantitative estimate of drug-likeness (QED) is 0.555. The highest BCUT2D eigenvalue weighted by Gasteiger charge is 2.30. The molecule has 0 rings (SSSR count). The van der Waals surface area contributed by atoms with Crippen LogP contribution >= 0.6 is 0 Å². The van der Waals surface area contributed by atoms with E-state index in [9.17, 15) is 0 Å². The minimum atomic E-state index is 0.120. The summed E-state index contributed by atoms with van der Waals surface area (Å²) in [6.07, 6.45) is 1.92. The Bertz CT molecular complexity index is 126. The molecule has 0 saturated carbocycles. The lowest BCUT2D eigenvalue weighted by atomic mass is 9.79. The zero-order valence-corrected chi connectivity index (χ0v) is 8.68. The molecule has 0 unspecified atom stereocenters. The molecule has 0 aliphatic heterocycles. The zero-order chi connectivity index (χ0) is 9.07. The second-order valence-corrected chi connectivity index (χ2v) is 3.92. The minimum Gasteiger partial charge on any atom is -0.291 e. The lowest BCUT2D eigenvalue weighted by molar-refractivity contribution is 0.254. The van der Waals surface area contributed by atoms with Crippen LogP contribution in [-0.2, 0) is 0 Å². The highest BCUT2D eigenvalue weighted by Crippen LogP contribution is 2.29. The molecule has 0 N–H and O–H groups in total. The predicted molar refractivity (Wildman–Crippen MR) is 52.2 cm³/mol. The van der Waals surface area contributed by atoms with E-state index >= 15 is 0 Å². The first-order valence-corrected chi connectivity index (χ1v) is 4.45. The van der Waals surface area contributed by atoms with E-state index in [0.29, 0.717) is 11.8 Å². The van der Waals surface area contributed by atoms with Gasteiger partial charge in [-0.2, -0.15) is 0 Å². The van der Waals surface area contributed by atoms with Gasteiger partial charge in [0.15, 0.2) is 0 Å². The van der Waals surface area contributed by atoms with Crippen LogP contribution < -0.4 is 0 Å². The number of nitrogens with zero attached hydrogens (tertiary/aromatic N) is 1. The third kappa shape index (κ3) is 2.32. The van der Waals surface area contributed by atoms with Crippen molar-refractivity contribution in [3.63, 3.8) is 0 Å². The fourth-order valence-electron chi connectivity index (χ4n) is 1.24. The average molecular weight is 155 g/mol. The molecular formula is C10H21N. The van der Waals surface area contributed by atoms with E-state index < -0.39 is 0 Å². The summed E-state index contributed by atoms with van der Waals surface area (Å²) in [6, 6.07) is 0. The molecule has 0 bridgehead atoms. The van der Waals surface area contributed by atoms with Gasteiger partial charge >= 0.3 is 0 Å². The maximum absolute atomic E-state index is 4.53. The fourth-order valence-corrected chi connectivity index (χ4v) is 1.24. The van der Waals surface area contributed by atoms with Crippen LogP contribution in [0.5, 0.6) is 0 Å². The fraction of sp³-hybridized carbons (Fsp3) is 0.900. The first-order chi connectivity index (χ1) is 4.95. The van der Waals surface area contributed by atoms with E-state index in [-0.39, 0.29) is 5.54 Å².